The zero-order chi connectivity index (χ0) is 15.3. The highest BCUT2D eigenvalue weighted by atomic mass is 31.2. The molecule has 0 fully saturated rings. The summed E-state index contributed by atoms with van der Waals surface area (Å²) in [5, 5.41) is 0. The Morgan fingerprint density at radius 1 is 1.25 bits per heavy atom. The molecule has 0 unspecified atom stereocenters. The van der Waals surface area contributed by atoms with E-state index in [9.17, 15) is 13.3 Å². The number of halogens is 2. The van der Waals surface area contributed by atoms with Crippen LogP contribution in [0.2, 0.25) is 0 Å². The van der Waals surface area contributed by atoms with Gasteiger partial charge in [0.2, 0.25) is 0 Å². The van der Waals surface area contributed by atoms with Gasteiger partial charge >= 0.3 is 7.60 Å². The molecule has 1 aromatic carbocycles. The molecular weight excluding hydrogens is 291 g/mol. The highest BCUT2D eigenvalue weighted by molar-refractivity contribution is 7.54. The highest BCUT2D eigenvalue weighted by Crippen LogP contribution is 2.59. The van der Waals surface area contributed by atoms with Gasteiger partial charge in [-0.3, -0.25) is 4.57 Å². The molecule has 20 heavy (non-hydrogen) atoms. The van der Waals surface area contributed by atoms with E-state index in [2.05, 4.69) is 0 Å². The number of hydrogen-bond donors (Lipinski definition) is 1. The van der Waals surface area contributed by atoms with Crippen molar-refractivity contribution in [3.05, 3.63) is 29.3 Å². The van der Waals surface area contributed by atoms with Crippen molar-refractivity contribution in [3.8, 4) is 5.75 Å². The minimum atomic E-state index is -3.87. The standard InChI is InChI=1S/C12H18F2NO4P/c1-4-18-20(16,19-5-2)12(15)10-8(13)6-7-9(17-3)11(10)14/h6-7,12H,4-5,15H2,1-3H3/t12-/m1/s1. The van der Waals surface area contributed by atoms with Gasteiger partial charge in [0.1, 0.15) is 11.6 Å². The third-order valence-electron chi connectivity index (χ3n) is 2.57. The average Bonchev–Trinajstić information content (AvgIpc) is 2.39. The van der Waals surface area contributed by atoms with Crippen LogP contribution in [-0.4, -0.2) is 20.3 Å². The van der Waals surface area contributed by atoms with E-state index >= 15 is 0 Å². The summed E-state index contributed by atoms with van der Waals surface area (Å²) in [5.74, 6) is -3.72. The zero-order valence-corrected chi connectivity index (χ0v) is 12.5. The van der Waals surface area contributed by atoms with E-state index in [1.54, 1.807) is 13.8 Å². The van der Waals surface area contributed by atoms with Crippen molar-refractivity contribution in [3.63, 3.8) is 0 Å². The Hall–Kier alpha value is -1.01. The first kappa shape index (κ1) is 17.0. The van der Waals surface area contributed by atoms with Gasteiger partial charge in [-0.2, -0.15) is 0 Å². The quantitative estimate of drug-likeness (QED) is 0.783. The van der Waals surface area contributed by atoms with E-state index < -0.39 is 30.6 Å². The summed E-state index contributed by atoms with van der Waals surface area (Å²) in [4.78, 5) is 0. The van der Waals surface area contributed by atoms with Gasteiger partial charge in [-0.25, -0.2) is 8.78 Å². The van der Waals surface area contributed by atoms with Crippen LogP contribution < -0.4 is 10.5 Å². The Balaban J connectivity index is 3.31. The summed E-state index contributed by atoms with van der Waals surface area (Å²) in [6, 6.07) is 2.10. The maximum absolute atomic E-state index is 14.1. The maximum atomic E-state index is 14.1. The van der Waals surface area contributed by atoms with Crippen LogP contribution in [0.1, 0.15) is 25.2 Å². The summed E-state index contributed by atoms with van der Waals surface area (Å²) >= 11 is 0. The molecule has 0 radical (unpaired) electrons. The smallest absolute Gasteiger partial charge is 0.351 e. The lowest BCUT2D eigenvalue weighted by atomic mass is 10.2. The SMILES string of the molecule is CCOP(=O)(OCC)[C@@H](N)c1c(F)ccc(OC)c1F. The van der Waals surface area contributed by atoms with Crippen LogP contribution in [0.25, 0.3) is 0 Å². The number of hydrogen-bond acceptors (Lipinski definition) is 5. The van der Waals surface area contributed by atoms with E-state index in [1.165, 1.54) is 7.11 Å². The Kier molecular flexibility index (Phi) is 6.07. The lowest BCUT2D eigenvalue weighted by Gasteiger charge is -2.24. The maximum Gasteiger partial charge on any atom is 0.351 e. The Labute approximate surface area is 116 Å². The van der Waals surface area contributed by atoms with Crippen molar-refractivity contribution >= 4 is 7.60 Å². The molecule has 0 saturated heterocycles. The lowest BCUT2D eigenvalue weighted by Crippen LogP contribution is -2.18. The number of ether oxygens (including phenoxy) is 1. The summed E-state index contributed by atoms with van der Waals surface area (Å²) in [5.41, 5.74) is 5.15. The molecule has 0 amide bonds. The first-order valence-electron chi connectivity index (χ1n) is 6.07. The molecule has 0 saturated carbocycles. The molecule has 0 aromatic heterocycles. The molecule has 0 aliphatic rings. The molecule has 1 rings (SSSR count). The van der Waals surface area contributed by atoms with Gasteiger partial charge in [0, 0.05) is 0 Å². The van der Waals surface area contributed by atoms with Gasteiger partial charge in [-0.15, -0.1) is 0 Å². The van der Waals surface area contributed by atoms with Crippen molar-refractivity contribution in [2.24, 2.45) is 5.73 Å². The monoisotopic (exact) mass is 309 g/mol. The first-order chi connectivity index (χ1) is 9.41. The summed E-state index contributed by atoms with van der Waals surface area (Å²) < 4.78 is 55.2. The van der Waals surface area contributed by atoms with E-state index in [4.69, 9.17) is 19.5 Å². The van der Waals surface area contributed by atoms with Crippen LogP contribution in [0.4, 0.5) is 8.78 Å². The fourth-order valence-electron chi connectivity index (χ4n) is 1.69. The van der Waals surface area contributed by atoms with Crippen LogP contribution in [0.3, 0.4) is 0 Å². The van der Waals surface area contributed by atoms with E-state index in [0.29, 0.717) is 0 Å². The summed E-state index contributed by atoms with van der Waals surface area (Å²) in [6.45, 7) is 3.24. The zero-order valence-electron chi connectivity index (χ0n) is 11.6. The Morgan fingerprint density at radius 2 is 1.80 bits per heavy atom. The molecule has 1 aromatic rings. The van der Waals surface area contributed by atoms with Crippen LogP contribution >= 0.6 is 7.60 Å². The van der Waals surface area contributed by atoms with Crippen LogP contribution in [0.15, 0.2) is 12.1 Å². The van der Waals surface area contributed by atoms with Gasteiger partial charge in [-0.05, 0) is 26.0 Å². The van der Waals surface area contributed by atoms with Gasteiger partial charge in [-0.1, -0.05) is 0 Å². The van der Waals surface area contributed by atoms with Crippen molar-refractivity contribution in [1.29, 1.82) is 0 Å². The lowest BCUT2D eigenvalue weighted by molar-refractivity contribution is 0.211. The largest absolute Gasteiger partial charge is 0.494 e. The molecule has 0 spiro atoms. The van der Waals surface area contributed by atoms with Crippen molar-refractivity contribution in [2.45, 2.75) is 19.6 Å². The fraction of sp³-hybridized carbons (Fsp3) is 0.500. The second kappa shape index (κ2) is 7.13. The van der Waals surface area contributed by atoms with Crippen molar-refractivity contribution in [1.82, 2.24) is 0 Å². The predicted octanol–water partition coefficient (Wildman–Crippen LogP) is 3.20. The van der Waals surface area contributed by atoms with E-state index in [-0.39, 0.29) is 19.0 Å². The second-order valence-corrected chi connectivity index (χ2v) is 5.95. The fourth-order valence-corrected chi connectivity index (χ4v) is 3.36. The topological polar surface area (TPSA) is 70.8 Å². The minimum Gasteiger partial charge on any atom is -0.494 e. The van der Waals surface area contributed by atoms with Crippen molar-refractivity contribution < 1.29 is 27.1 Å². The van der Waals surface area contributed by atoms with Gasteiger partial charge in [0.05, 0.1) is 25.9 Å². The molecule has 0 aliphatic heterocycles. The number of rotatable bonds is 7. The number of methoxy groups -OCH3 is 1. The predicted molar refractivity (Wildman–Crippen MR) is 70.7 cm³/mol. The normalized spacial score (nSPS) is 13.3. The first-order valence-corrected chi connectivity index (χ1v) is 7.68. The number of benzene rings is 1. The van der Waals surface area contributed by atoms with Crippen LogP contribution in [0.5, 0.6) is 5.75 Å². The Morgan fingerprint density at radius 3 is 2.25 bits per heavy atom. The third-order valence-corrected chi connectivity index (χ3v) is 4.74. The molecule has 0 heterocycles. The second-order valence-electron chi connectivity index (χ2n) is 3.80. The van der Waals surface area contributed by atoms with Crippen molar-refractivity contribution in [2.75, 3.05) is 20.3 Å². The molecule has 114 valence electrons. The van der Waals surface area contributed by atoms with Crippen LogP contribution in [-0.2, 0) is 13.6 Å². The summed E-state index contributed by atoms with van der Waals surface area (Å²) in [6.07, 6.45) is 0. The van der Waals surface area contributed by atoms with Gasteiger partial charge < -0.3 is 19.5 Å². The average molecular weight is 309 g/mol. The van der Waals surface area contributed by atoms with Gasteiger partial charge in [0.15, 0.2) is 11.6 Å². The third kappa shape index (κ3) is 3.35. The molecule has 2 N–H and O–H groups in total. The Bertz CT molecular complexity index is 502. The molecule has 1 atom stereocenters. The number of nitrogens with two attached hydrogens (primary N) is 1. The van der Waals surface area contributed by atoms with Crippen LogP contribution in [0, 0.1) is 11.6 Å². The molecule has 8 heteroatoms. The minimum absolute atomic E-state index is 0.0399. The molecule has 0 bridgehead atoms. The highest BCUT2D eigenvalue weighted by Gasteiger charge is 2.38. The molecular formula is C12H18F2NO4P. The molecule has 0 aliphatic carbocycles. The van der Waals surface area contributed by atoms with Gasteiger partial charge in [0.25, 0.3) is 0 Å². The van der Waals surface area contributed by atoms with E-state index in [0.717, 1.165) is 12.1 Å². The molecule has 5 nitrogen and oxygen atoms in total. The van der Waals surface area contributed by atoms with E-state index in [1.807, 2.05) is 0 Å². The summed E-state index contributed by atoms with van der Waals surface area (Å²) in [7, 11) is -2.64.